The molecule has 2 aromatic rings. The fourth-order valence-electron chi connectivity index (χ4n) is 2.55. The Bertz CT molecular complexity index is 589. The third-order valence-corrected chi connectivity index (χ3v) is 3.81. The summed E-state index contributed by atoms with van der Waals surface area (Å²) in [5.74, 6) is 0.201. The summed E-state index contributed by atoms with van der Waals surface area (Å²) in [4.78, 5) is 10.3. The fourth-order valence-corrected chi connectivity index (χ4v) is 2.55. The number of nitrogens with one attached hydrogen (secondary N) is 1. The van der Waals surface area contributed by atoms with Crippen molar-refractivity contribution in [3.05, 3.63) is 60.2 Å². The molecule has 1 atom stereocenters. The summed E-state index contributed by atoms with van der Waals surface area (Å²) >= 11 is 0. The van der Waals surface area contributed by atoms with E-state index in [1.165, 1.54) is 36.0 Å². The Hall–Kier alpha value is -2.09. The molecular weight excluding hydrogens is 306 g/mol. The lowest BCUT2D eigenvalue weighted by Crippen LogP contribution is -2.21. The maximum absolute atomic E-state index is 10.3. The van der Waals surface area contributed by atoms with Gasteiger partial charge in [-0.05, 0) is 36.5 Å². The van der Waals surface area contributed by atoms with E-state index in [-0.39, 0.29) is 5.91 Å². The lowest BCUT2D eigenvalue weighted by atomic mass is 10.0. The van der Waals surface area contributed by atoms with Crippen molar-refractivity contribution in [2.45, 2.75) is 65.8 Å². The first-order chi connectivity index (χ1) is 12.1. The molecule has 0 saturated carbocycles. The van der Waals surface area contributed by atoms with E-state index in [0.29, 0.717) is 6.04 Å². The van der Waals surface area contributed by atoms with Crippen molar-refractivity contribution in [2.75, 3.05) is 0 Å². The Morgan fingerprint density at radius 1 is 0.920 bits per heavy atom. The number of carbonyl (C=O) groups excluding carboxylic acids is 1. The Morgan fingerprint density at radius 3 is 1.88 bits per heavy atom. The summed E-state index contributed by atoms with van der Waals surface area (Å²) in [6.45, 7) is 8.48. The Kier molecular flexibility index (Phi) is 10.3. The minimum Gasteiger partial charge on any atom is -0.354 e. The summed E-state index contributed by atoms with van der Waals surface area (Å²) in [6.07, 6.45) is 5.37. The highest BCUT2D eigenvalue weighted by molar-refractivity contribution is 5.78. The molecule has 1 amide bonds. The van der Waals surface area contributed by atoms with E-state index in [2.05, 4.69) is 80.7 Å². The van der Waals surface area contributed by atoms with Crippen LogP contribution in [0.25, 0.3) is 11.1 Å². The third-order valence-electron chi connectivity index (χ3n) is 3.81. The maximum atomic E-state index is 10.3. The van der Waals surface area contributed by atoms with Crippen molar-refractivity contribution in [3.8, 4) is 11.1 Å². The second kappa shape index (κ2) is 12.3. The van der Waals surface area contributed by atoms with E-state index in [1.54, 1.807) is 0 Å². The third kappa shape index (κ3) is 8.53. The summed E-state index contributed by atoms with van der Waals surface area (Å²) < 4.78 is 0. The zero-order valence-corrected chi connectivity index (χ0v) is 16.2. The lowest BCUT2D eigenvalue weighted by Gasteiger charge is -2.03. The molecular formula is C23H33NO. The Labute approximate surface area is 153 Å². The monoisotopic (exact) mass is 339 g/mol. The molecule has 1 unspecified atom stereocenters. The van der Waals surface area contributed by atoms with Crippen LogP contribution in [0.5, 0.6) is 0 Å². The van der Waals surface area contributed by atoms with Crippen LogP contribution in [0.4, 0.5) is 0 Å². The molecule has 0 bridgehead atoms. The zero-order chi connectivity index (χ0) is 18.5. The predicted molar refractivity (Wildman–Crippen MR) is 109 cm³/mol. The molecule has 0 aliphatic carbocycles. The molecule has 2 nitrogen and oxygen atoms in total. The topological polar surface area (TPSA) is 29.1 Å². The van der Waals surface area contributed by atoms with Gasteiger partial charge in [-0.2, -0.15) is 0 Å². The molecule has 25 heavy (non-hydrogen) atoms. The van der Waals surface area contributed by atoms with Crippen LogP contribution in [-0.2, 0) is 11.2 Å². The van der Waals surface area contributed by atoms with Gasteiger partial charge in [-0.3, -0.25) is 4.79 Å². The second-order valence-electron chi connectivity index (χ2n) is 6.53. The molecule has 3 rings (SSSR count). The SMILES string of the molecule is CC1CCC(=O)N1.CCC.CCCc1ccc(-c2ccccc2)cc1. The number of hydrogen-bond acceptors (Lipinski definition) is 1. The van der Waals surface area contributed by atoms with E-state index in [1.807, 2.05) is 6.92 Å². The number of amides is 1. The molecule has 0 radical (unpaired) electrons. The molecule has 2 heteroatoms. The summed E-state index contributed by atoms with van der Waals surface area (Å²) in [5, 5.41) is 2.78. The van der Waals surface area contributed by atoms with Crippen LogP contribution in [0, 0.1) is 0 Å². The molecule has 2 aromatic carbocycles. The first-order valence-corrected chi connectivity index (χ1v) is 9.54. The number of rotatable bonds is 3. The minimum absolute atomic E-state index is 0.201. The standard InChI is InChI=1S/C15H16.C5H9NO.C3H8/c1-2-6-13-9-11-15(12-10-13)14-7-4-3-5-8-14;1-4-2-3-5(7)6-4;1-3-2/h3-5,7-12H,2,6H2,1H3;4H,2-3H2,1H3,(H,6,7);3H2,1-2H3. The quantitative estimate of drug-likeness (QED) is 0.729. The Morgan fingerprint density at radius 2 is 1.48 bits per heavy atom. The molecule has 0 spiro atoms. The van der Waals surface area contributed by atoms with Gasteiger partial charge >= 0.3 is 0 Å². The van der Waals surface area contributed by atoms with Crippen molar-refractivity contribution in [2.24, 2.45) is 0 Å². The fraction of sp³-hybridized carbons (Fsp3) is 0.435. The van der Waals surface area contributed by atoms with Crippen molar-refractivity contribution in [1.29, 1.82) is 0 Å². The largest absolute Gasteiger partial charge is 0.354 e. The number of aryl methyl sites for hydroxylation is 1. The van der Waals surface area contributed by atoms with Gasteiger partial charge in [-0.15, -0.1) is 0 Å². The van der Waals surface area contributed by atoms with Gasteiger partial charge in [0.1, 0.15) is 0 Å². The molecule has 136 valence electrons. The average Bonchev–Trinajstić information content (AvgIpc) is 3.01. The normalized spacial score (nSPS) is 15.4. The summed E-state index contributed by atoms with van der Waals surface area (Å²) in [5.41, 5.74) is 4.02. The highest BCUT2D eigenvalue weighted by Crippen LogP contribution is 2.19. The molecule has 1 aliphatic heterocycles. The van der Waals surface area contributed by atoms with Gasteiger partial charge in [0.25, 0.3) is 0 Å². The first-order valence-electron chi connectivity index (χ1n) is 9.54. The van der Waals surface area contributed by atoms with Crippen molar-refractivity contribution >= 4 is 5.91 Å². The molecule has 1 aliphatic rings. The van der Waals surface area contributed by atoms with Crippen LogP contribution in [0.3, 0.4) is 0 Å². The molecule has 1 N–H and O–H groups in total. The van der Waals surface area contributed by atoms with Gasteiger partial charge in [0.05, 0.1) is 0 Å². The number of benzene rings is 2. The molecule has 1 saturated heterocycles. The lowest BCUT2D eigenvalue weighted by molar-refractivity contribution is -0.119. The number of carbonyl (C=O) groups is 1. The van der Waals surface area contributed by atoms with E-state index in [0.717, 1.165) is 12.8 Å². The number of hydrogen-bond donors (Lipinski definition) is 1. The van der Waals surface area contributed by atoms with E-state index >= 15 is 0 Å². The second-order valence-corrected chi connectivity index (χ2v) is 6.53. The van der Waals surface area contributed by atoms with E-state index in [9.17, 15) is 4.79 Å². The van der Waals surface area contributed by atoms with Crippen molar-refractivity contribution < 1.29 is 4.79 Å². The molecule has 1 heterocycles. The van der Waals surface area contributed by atoms with Gasteiger partial charge in [0.2, 0.25) is 5.91 Å². The predicted octanol–water partition coefficient (Wildman–Crippen LogP) is 6.01. The summed E-state index contributed by atoms with van der Waals surface area (Å²) in [7, 11) is 0. The summed E-state index contributed by atoms with van der Waals surface area (Å²) in [6, 6.07) is 19.8. The van der Waals surface area contributed by atoms with Crippen LogP contribution in [0.1, 0.15) is 58.9 Å². The van der Waals surface area contributed by atoms with Gasteiger partial charge < -0.3 is 5.32 Å². The van der Waals surface area contributed by atoms with Gasteiger partial charge in [0, 0.05) is 12.5 Å². The smallest absolute Gasteiger partial charge is 0.220 e. The highest BCUT2D eigenvalue weighted by atomic mass is 16.1. The van der Waals surface area contributed by atoms with E-state index < -0.39 is 0 Å². The van der Waals surface area contributed by atoms with Crippen LogP contribution in [0.15, 0.2) is 54.6 Å². The molecule has 0 aromatic heterocycles. The highest BCUT2D eigenvalue weighted by Gasteiger charge is 2.14. The minimum atomic E-state index is 0.201. The van der Waals surface area contributed by atoms with Gasteiger partial charge in [0.15, 0.2) is 0 Å². The average molecular weight is 340 g/mol. The van der Waals surface area contributed by atoms with Crippen molar-refractivity contribution in [3.63, 3.8) is 0 Å². The van der Waals surface area contributed by atoms with Crippen LogP contribution >= 0.6 is 0 Å². The van der Waals surface area contributed by atoms with Crippen LogP contribution in [-0.4, -0.2) is 11.9 Å². The molecule has 1 fully saturated rings. The first kappa shape index (κ1) is 21.0. The Balaban J connectivity index is 0.000000260. The van der Waals surface area contributed by atoms with Crippen LogP contribution < -0.4 is 5.32 Å². The van der Waals surface area contributed by atoms with Crippen LogP contribution in [0.2, 0.25) is 0 Å². The maximum Gasteiger partial charge on any atom is 0.220 e. The van der Waals surface area contributed by atoms with Gasteiger partial charge in [-0.25, -0.2) is 0 Å². The van der Waals surface area contributed by atoms with E-state index in [4.69, 9.17) is 0 Å². The zero-order valence-electron chi connectivity index (χ0n) is 16.2. The van der Waals surface area contributed by atoms with Crippen molar-refractivity contribution in [1.82, 2.24) is 5.32 Å². The van der Waals surface area contributed by atoms with Gasteiger partial charge in [-0.1, -0.05) is 88.2 Å².